The van der Waals surface area contributed by atoms with Crippen molar-refractivity contribution in [3.8, 4) is 0 Å². The highest BCUT2D eigenvalue weighted by Gasteiger charge is 2.35. The fraction of sp³-hybridized carbons (Fsp3) is 0.235. The zero-order valence-electron chi connectivity index (χ0n) is 13.9. The summed E-state index contributed by atoms with van der Waals surface area (Å²) in [5.41, 5.74) is 0.0800. The third kappa shape index (κ3) is 4.41. The van der Waals surface area contributed by atoms with Crippen LogP contribution >= 0.6 is 23.2 Å². The molecule has 1 atom stereocenters. The molecule has 1 fully saturated rings. The second-order valence-electron chi connectivity index (χ2n) is 5.77. The van der Waals surface area contributed by atoms with Crippen molar-refractivity contribution in [2.24, 2.45) is 0 Å². The van der Waals surface area contributed by atoms with Gasteiger partial charge in [-0.25, -0.2) is 12.8 Å². The normalized spacial score (nSPS) is 18.3. The molecule has 3 rings (SSSR count). The van der Waals surface area contributed by atoms with Crippen LogP contribution in [0.15, 0.2) is 47.4 Å². The molecule has 0 aromatic heterocycles. The summed E-state index contributed by atoms with van der Waals surface area (Å²) in [6.45, 7) is -0.0942. The minimum Gasteiger partial charge on any atom is -0.366 e. The van der Waals surface area contributed by atoms with Gasteiger partial charge in [-0.05, 0) is 30.3 Å². The number of sulfonamides is 1. The molecule has 144 valence electrons. The SMILES string of the molecule is O=C(Nc1cc(F)ccc1Cl)C1CN(S(=O)(=O)c2ccccc2Cl)CCO1. The van der Waals surface area contributed by atoms with Gasteiger partial charge in [-0.3, -0.25) is 4.79 Å². The van der Waals surface area contributed by atoms with Gasteiger partial charge in [-0.1, -0.05) is 35.3 Å². The number of nitrogens with one attached hydrogen (secondary N) is 1. The first-order valence-corrected chi connectivity index (χ1v) is 10.1. The van der Waals surface area contributed by atoms with Crippen LogP contribution in [0.2, 0.25) is 10.0 Å². The molecular formula is C17H15Cl2FN2O4S. The number of hydrogen-bond donors (Lipinski definition) is 1. The third-order valence-electron chi connectivity index (χ3n) is 3.96. The number of rotatable bonds is 4. The average molecular weight is 433 g/mol. The Morgan fingerprint density at radius 2 is 1.93 bits per heavy atom. The van der Waals surface area contributed by atoms with Crippen LogP contribution in [0.4, 0.5) is 10.1 Å². The van der Waals surface area contributed by atoms with Gasteiger partial charge in [0, 0.05) is 13.1 Å². The lowest BCUT2D eigenvalue weighted by Crippen LogP contribution is -2.50. The van der Waals surface area contributed by atoms with Crippen molar-refractivity contribution < 1.29 is 22.3 Å². The van der Waals surface area contributed by atoms with Crippen LogP contribution in [0.5, 0.6) is 0 Å². The minimum absolute atomic E-state index is 0.0264. The van der Waals surface area contributed by atoms with E-state index in [-0.39, 0.29) is 40.3 Å². The van der Waals surface area contributed by atoms with Crippen LogP contribution in [0.25, 0.3) is 0 Å². The Kier molecular flexibility index (Phi) is 6.02. The minimum atomic E-state index is -3.89. The Morgan fingerprint density at radius 1 is 1.19 bits per heavy atom. The lowest BCUT2D eigenvalue weighted by atomic mass is 10.2. The summed E-state index contributed by atoms with van der Waals surface area (Å²) in [5.74, 6) is -1.19. The van der Waals surface area contributed by atoms with Crippen molar-refractivity contribution in [3.05, 3.63) is 58.3 Å². The number of hydrogen-bond acceptors (Lipinski definition) is 4. The molecule has 1 unspecified atom stereocenters. The first-order chi connectivity index (χ1) is 12.8. The first-order valence-electron chi connectivity index (χ1n) is 7.91. The maximum absolute atomic E-state index is 13.3. The van der Waals surface area contributed by atoms with Crippen LogP contribution in [0.1, 0.15) is 0 Å². The fourth-order valence-corrected chi connectivity index (χ4v) is 4.68. The van der Waals surface area contributed by atoms with Gasteiger partial charge in [0.2, 0.25) is 10.0 Å². The number of carbonyl (C=O) groups excluding carboxylic acids is 1. The molecule has 1 heterocycles. The molecule has 10 heteroatoms. The molecule has 1 saturated heterocycles. The number of morpholine rings is 1. The zero-order valence-corrected chi connectivity index (χ0v) is 16.2. The van der Waals surface area contributed by atoms with Crippen LogP contribution in [0, 0.1) is 5.82 Å². The summed E-state index contributed by atoms with van der Waals surface area (Å²) in [7, 11) is -3.89. The topological polar surface area (TPSA) is 75.7 Å². The molecule has 0 radical (unpaired) electrons. The van der Waals surface area contributed by atoms with Crippen molar-refractivity contribution in [1.29, 1.82) is 0 Å². The molecule has 1 aliphatic rings. The van der Waals surface area contributed by atoms with Crippen LogP contribution in [0.3, 0.4) is 0 Å². The monoisotopic (exact) mass is 432 g/mol. The number of carbonyl (C=O) groups is 1. The van der Waals surface area contributed by atoms with Crippen molar-refractivity contribution >= 4 is 44.8 Å². The van der Waals surface area contributed by atoms with Gasteiger partial charge in [0.1, 0.15) is 16.8 Å². The molecule has 0 aliphatic carbocycles. The first kappa shape index (κ1) is 20.0. The average Bonchev–Trinajstić information content (AvgIpc) is 2.65. The van der Waals surface area contributed by atoms with Gasteiger partial charge >= 0.3 is 0 Å². The van der Waals surface area contributed by atoms with Crippen LogP contribution in [-0.2, 0) is 19.6 Å². The molecule has 2 aromatic carbocycles. The Hall–Kier alpha value is -1.71. The second kappa shape index (κ2) is 8.12. The second-order valence-corrected chi connectivity index (χ2v) is 8.49. The lowest BCUT2D eigenvalue weighted by molar-refractivity contribution is -0.130. The molecule has 27 heavy (non-hydrogen) atoms. The number of anilines is 1. The molecule has 0 bridgehead atoms. The van der Waals surface area contributed by atoms with Gasteiger partial charge in [-0.15, -0.1) is 0 Å². The predicted octanol–water partition coefficient (Wildman–Crippen LogP) is 3.16. The van der Waals surface area contributed by atoms with E-state index in [9.17, 15) is 17.6 Å². The van der Waals surface area contributed by atoms with E-state index in [2.05, 4.69) is 5.32 Å². The summed E-state index contributed by atoms with van der Waals surface area (Å²) in [4.78, 5) is 12.4. The lowest BCUT2D eigenvalue weighted by Gasteiger charge is -2.31. The predicted molar refractivity (Wildman–Crippen MR) is 100.0 cm³/mol. The number of amides is 1. The van der Waals surface area contributed by atoms with Gasteiger partial charge in [0.25, 0.3) is 5.91 Å². The largest absolute Gasteiger partial charge is 0.366 e. The number of benzene rings is 2. The number of ether oxygens (including phenoxy) is 1. The quantitative estimate of drug-likeness (QED) is 0.804. The molecule has 1 aliphatic heterocycles. The molecule has 0 saturated carbocycles. The standard InChI is InChI=1S/C17H15Cl2FN2O4S/c18-12-6-5-11(20)9-14(12)21-17(23)15-10-22(7-8-26-15)27(24,25)16-4-2-1-3-13(16)19/h1-6,9,15H,7-8,10H2,(H,21,23). The van der Waals surface area contributed by atoms with Gasteiger partial charge < -0.3 is 10.1 Å². The highest BCUT2D eigenvalue weighted by molar-refractivity contribution is 7.89. The van der Waals surface area contributed by atoms with Crippen molar-refractivity contribution in [2.75, 3.05) is 25.0 Å². The zero-order chi connectivity index (χ0) is 19.6. The molecule has 2 aromatic rings. The highest BCUT2D eigenvalue weighted by atomic mass is 35.5. The van der Waals surface area contributed by atoms with Crippen molar-refractivity contribution in [3.63, 3.8) is 0 Å². The van der Waals surface area contributed by atoms with E-state index in [1.807, 2.05) is 0 Å². The Morgan fingerprint density at radius 3 is 2.67 bits per heavy atom. The Labute approximate surface area is 165 Å². The van der Waals surface area contributed by atoms with E-state index in [0.717, 1.165) is 16.4 Å². The summed E-state index contributed by atoms with van der Waals surface area (Å²) < 4.78 is 45.5. The van der Waals surface area contributed by atoms with E-state index < -0.39 is 27.9 Å². The van der Waals surface area contributed by atoms with Crippen molar-refractivity contribution in [2.45, 2.75) is 11.0 Å². The van der Waals surface area contributed by atoms with Gasteiger partial charge in [0.15, 0.2) is 0 Å². The van der Waals surface area contributed by atoms with E-state index in [4.69, 9.17) is 27.9 Å². The maximum Gasteiger partial charge on any atom is 0.254 e. The Bertz CT molecular complexity index is 971. The summed E-state index contributed by atoms with van der Waals surface area (Å²) in [6.07, 6.45) is -1.07. The van der Waals surface area contributed by atoms with Crippen LogP contribution < -0.4 is 5.32 Å². The van der Waals surface area contributed by atoms with E-state index in [0.29, 0.717) is 0 Å². The van der Waals surface area contributed by atoms with Gasteiger partial charge in [-0.2, -0.15) is 4.31 Å². The number of nitrogens with zero attached hydrogens (tertiary/aromatic N) is 1. The summed E-state index contributed by atoms with van der Waals surface area (Å²) in [5, 5.41) is 2.71. The smallest absolute Gasteiger partial charge is 0.254 e. The highest BCUT2D eigenvalue weighted by Crippen LogP contribution is 2.26. The Balaban J connectivity index is 1.77. The molecule has 1 N–H and O–H groups in total. The molecule has 1 amide bonds. The molecule has 0 spiro atoms. The molecular weight excluding hydrogens is 418 g/mol. The van der Waals surface area contributed by atoms with Gasteiger partial charge in [0.05, 0.1) is 22.3 Å². The maximum atomic E-state index is 13.3. The van der Waals surface area contributed by atoms with Crippen LogP contribution in [-0.4, -0.2) is 44.4 Å². The van der Waals surface area contributed by atoms with E-state index in [1.165, 1.54) is 18.2 Å². The summed E-state index contributed by atoms with van der Waals surface area (Å²) >= 11 is 11.9. The fourth-order valence-electron chi connectivity index (χ4n) is 2.60. The third-order valence-corrected chi connectivity index (χ3v) is 6.66. The summed E-state index contributed by atoms with van der Waals surface area (Å²) in [6, 6.07) is 9.60. The molecule has 6 nitrogen and oxygen atoms in total. The van der Waals surface area contributed by atoms with E-state index >= 15 is 0 Å². The van der Waals surface area contributed by atoms with Crippen molar-refractivity contribution in [1.82, 2.24) is 4.31 Å². The number of halogens is 3. The van der Waals surface area contributed by atoms with E-state index in [1.54, 1.807) is 12.1 Å².